The molecule has 1 heterocycles. The third-order valence-corrected chi connectivity index (χ3v) is 3.62. The summed E-state index contributed by atoms with van der Waals surface area (Å²) in [7, 11) is 0. The van der Waals surface area contributed by atoms with Gasteiger partial charge in [-0.1, -0.05) is 13.0 Å². The molecule has 0 radical (unpaired) electrons. The van der Waals surface area contributed by atoms with Crippen molar-refractivity contribution in [2.75, 3.05) is 17.2 Å². The summed E-state index contributed by atoms with van der Waals surface area (Å²) < 4.78 is 5.51. The molecule has 22 heavy (non-hydrogen) atoms. The van der Waals surface area contributed by atoms with E-state index in [0.717, 1.165) is 32.3 Å². The second kappa shape index (κ2) is 8.54. The van der Waals surface area contributed by atoms with Gasteiger partial charge in [0.25, 0.3) is 0 Å². The number of anilines is 2. The first kappa shape index (κ1) is 16.5. The number of nitrogens with one attached hydrogen (secondary N) is 2. The molecule has 1 aliphatic rings. The first-order valence-corrected chi connectivity index (χ1v) is 7.98. The van der Waals surface area contributed by atoms with E-state index in [1.54, 1.807) is 6.07 Å². The van der Waals surface area contributed by atoms with Crippen LogP contribution in [0.25, 0.3) is 0 Å². The van der Waals surface area contributed by atoms with E-state index < -0.39 is 0 Å². The molecule has 0 spiro atoms. The standard InChI is InChI=1S/C17H24N2O3/c1-2-5-16(20)18-13-6-3-7-14(12-13)19-17(21)10-9-15-8-4-11-22-15/h3,6-7,12,15H,2,4-5,8-11H2,1H3,(H,18,20)(H,19,21). The van der Waals surface area contributed by atoms with Crippen molar-refractivity contribution in [1.29, 1.82) is 0 Å². The average Bonchev–Trinajstić information content (AvgIpc) is 2.99. The number of carbonyl (C=O) groups is 2. The molecule has 2 N–H and O–H groups in total. The van der Waals surface area contributed by atoms with Crippen molar-refractivity contribution in [3.8, 4) is 0 Å². The fourth-order valence-electron chi connectivity index (χ4n) is 2.51. The number of ether oxygens (including phenoxy) is 1. The van der Waals surface area contributed by atoms with E-state index in [2.05, 4.69) is 10.6 Å². The van der Waals surface area contributed by atoms with E-state index in [1.165, 1.54) is 0 Å². The lowest BCUT2D eigenvalue weighted by Gasteiger charge is -2.10. The zero-order chi connectivity index (χ0) is 15.8. The molecule has 1 saturated heterocycles. The highest BCUT2D eigenvalue weighted by Gasteiger charge is 2.16. The fraction of sp³-hybridized carbons (Fsp3) is 0.529. The predicted octanol–water partition coefficient (Wildman–Crippen LogP) is 3.32. The molecule has 2 amide bonds. The molecule has 0 aliphatic carbocycles. The van der Waals surface area contributed by atoms with Gasteiger partial charge in [-0.25, -0.2) is 0 Å². The molecular weight excluding hydrogens is 280 g/mol. The molecule has 0 bridgehead atoms. The Labute approximate surface area is 131 Å². The Morgan fingerprint density at radius 3 is 2.45 bits per heavy atom. The Bertz CT molecular complexity index is 510. The second-order valence-electron chi connectivity index (χ2n) is 5.60. The van der Waals surface area contributed by atoms with Crippen molar-refractivity contribution in [2.24, 2.45) is 0 Å². The molecule has 1 aromatic rings. The summed E-state index contributed by atoms with van der Waals surface area (Å²) in [5.74, 6) is -0.0307. The van der Waals surface area contributed by atoms with Crippen molar-refractivity contribution in [2.45, 2.75) is 51.6 Å². The summed E-state index contributed by atoms with van der Waals surface area (Å²) in [4.78, 5) is 23.5. The highest BCUT2D eigenvalue weighted by Crippen LogP contribution is 2.19. The van der Waals surface area contributed by atoms with Gasteiger partial charge >= 0.3 is 0 Å². The molecule has 2 rings (SSSR count). The van der Waals surface area contributed by atoms with E-state index in [9.17, 15) is 9.59 Å². The van der Waals surface area contributed by atoms with Crippen LogP contribution in [0.5, 0.6) is 0 Å². The SMILES string of the molecule is CCCC(=O)Nc1cccc(NC(=O)CCC2CCCO2)c1. The molecule has 1 aromatic carbocycles. The minimum absolute atomic E-state index is 0.00985. The smallest absolute Gasteiger partial charge is 0.224 e. The summed E-state index contributed by atoms with van der Waals surface area (Å²) in [6.07, 6.45) is 4.89. The van der Waals surface area contributed by atoms with Gasteiger partial charge in [-0.3, -0.25) is 9.59 Å². The van der Waals surface area contributed by atoms with Crippen molar-refractivity contribution in [3.05, 3.63) is 24.3 Å². The molecule has 5 nitrogen and oxygen atoms in total. The summed E-state index contributed by atoms with van der Waals surface area (Å²) in [6, 6.07) is 7.23. The van der Waals surface area contributed by atoms with Crippen LogP contribution in [-0.2, 0) is 14.3 Å². The van der Waals surface area contributed by atoms with Gasteiger partial charge in [0.2, 0.25) is 11.8 Å². The number of amides is 2. The van der Waals surface area contributed by atoms with Gasteiger partial charge in [0.1, 0.15) is 0 Å². The number of hydrogen-bond donors (Lipinski definition) is 2. The number of benzene rings is 1. The Morgan fingerprint density at radius 1 is 1.18 bits per heavy atom. The van der Waals surface area contributed by atoms with Crippen LogP contribution in [-0.4, -0.2) is 24.5 Å². The molecule has 0 saturated carbocycles. The van der Waals surface area contributed by atoms with E-state index in [1.807, 2.05) is 25.1 Å². The maximum absolute atomic E-state index is 12.0. The first-order chi connectivity index (χ1) is 10.7. The topological polar surface area (TPSA) is 67.4 Å². The largest absolute Gasteiger partial charge is 0.378 e. The first-order valence-electron chi connectivity index (χ1n) is 7.98. The van der Waals surface area contributed by atoms with Crippen molar-refractivity contribution < 1.29 is 14.3 Å². The maximum Gasteiger partial charge on any atom is 0.224 e. The van der Waals surface area contributed by atoms with Gasteiger partial charge in [0.05, 0.1) is 6.10 Å². The monoisotopic (exact) mass is 304 g/mol. The zero-order valence-electron chi connectivity index (χ0n) is 13.1. The van der Waals surface area contributed by atoms with Crippen LogP contribution in [0.15, 0.2) is 24.3 Å². The molecule has 5 heteroatoms. The van der Waals surface area contributed by atoms with E-state index in [0.29, 0.717) is 24.2 Å². The lowest BCUT2D eigenvalue weighted by atomic mass is 10.1. The summed E-state index contributed by atoms with van der Waals surface area (Å²) in [6.45, 7) is 2.77. The molecule has 0 aromatic heterocycles. The van der Waals surface area contributed by atoms with Crippen molar-refractivity contribution in [1.82, 2.24) is 0 Å². The molecule has 1 fully saturated rings. The van der Waals surface area contributed by atoms with Crippen molar-refractivity contribution >= 4 is 23.2 Å². The van der Waals surface area contributed by atoms with Crippen LogP contribution >= 0.6 is 0 Å². The van der Waals surface area contributed by atoms with Gasteiger partial charge in [0.15, 0.2) is 0 Å². The average molecular weight is 304 g/mol. The quantitative estimate of drug-likeness (QED) is 0.812. The summed E-state index contributed by atoms with van der Waals surface area (Å²) in [5, 5.41) is 5.69. The highest BCUT2D eigenvalue weighted by molar-refractivity contribution is 5.94. The van der Waals surface area contributed by atoms with Crippen LogP contribution in [0.3, 0.4) is 0 Å². The van der Waals surface area contributed by atoms with Crippen molar-refractivity contribution in [3.63, 3.8) is 0 Å². The number of rotatable bonds is 7. The van der Waals surface area contributed by atoms with Gasteiger partial charge in [0, 0.05) is 30.8 Å². The number of hydrogen-bond acceptors (Lipinski definition) is 3. The molecule has 120 valence electrons. The van der Waals surface area contributed by atoms with Gasteiger partial charge < -0.3 is 15.4 Å². The van der Waals surface area contributed by atoms with Crippen LogP contribution < -0.4 is 10.6 Å². The van der Waals surface area contributed by atoms with Gasteiger partial charge in [-0.2, -0.15) is 0 Å². The van der Waals surface area contributed by atoms with Gasteiger partial charge in [-0.05, 0) is 43.9 Å². The zero-order valence-corrected chi connectivity index (χ0v) is 13.1. The van der Waals surface area contributed by atoms with Gasteiger partial charge in [-0.15, -0.1) is 0 Å². The normalized spacial score (nSPS) is 17.2. The summed E-state index contributed by atoms with van der Waals surface area (Å²) in [5.41, 5.74) is 1.40. The Hall–Kier alpha value is -1.88. The Balaban J connectivity index is 1.81. The molecule has 1 atom stereocenters. The summed E-state index contributed by atoms with van der Waals surface area (Å²) >= 11 is 0. The minimum Gasteiger partial charge on any atom is -0.378 e. The predicted molar refractivity (Wildman–Crippen MR) is 86.8 cm³/mol. The minimum atomic E-state index is -0.0208. The van der Waals surface area contributed by atoms with Crippen LogP contribution in [0.2, 0.25) is 0 Å². The Morgan fingerprint density at radius 2 is 1.86 bits per heavy atom. The highest BCUT2D eigenvalue weighted by atomic mass is 16.5. The third-order valence-electron chi connectivity index (χ3n) is 3.62. The third kappa shape index (κ3) is 5.48. The lowest BCUT2D eigenvalue weighted by Crippen LogP contribution is -2.15. The van der Waals surface area contributed by atoms with Crippen LogP contribution in [0, 0.1) is 0 Å². The lowest BCUT2D eigenvalue weighted by molar-refractivity contribution is -0.117. The molecular formula is C17H24N2O3. The Kier molecular flexibility index (Phi) is 6.40. The van der Waals surface area contributed by atoms with Crippen LogP contribution in [0.4, 0.5) is 11.4 Å². The van der Waals surface area contributed by atoms with E-state index >= 15 is 0 Å². The molecule has 1 unspecified atom stereocenters. The maximum atomic E-state index is 12.0. The van der Waals surface area contributed by atoms with E-state index in [-0.39, 0.29) is 17.9 Å². The van der Waals surface area contributed by atoms with Crippen LogP contribution in [0.1, 0.15) is 45.4 Å². The fourth-order valence-corrected chi connectivity index (χ4v) is 2.51. The second-order valence-corrected chi connectivity index (χ2v) is 5.60. The number of carbonyl (C=O) groups excluding carboxylic acids is 2. The molecule has 1 aliphatic heterocycles. The van der Waals surface area contributed by atoms with E-state index in [4.69, 9.17) is 4.74 Å².